The molecule has 1 atom stereocenters. The maximum atomic E-state index is 10.6. The van der Waals surface area contributed by atoms with Crippen LogP contribution < -0.4 is 0 Å². The van der Waals surface area contributed by atoms with E-state index in [1.807, 2.05) is 24.7 Å². The van der Waals surface area contributed by atoms with E-state index in [1.165, 1.54) is 0 Å². The zero-order valence-electron chi connectivity index (χ0n) is 6.95. The van der Waals surface area contributed by atoms with E-state index in [0.717, 1.165) is 13.1 Å². The molecule has 0 bridgehead atoms. The molecular formula is C6H13BN2O2. The number of nitrogens with zero attached hydrogens (tertiary/aromatic N) is 2. The molecule has 1 saturated heterocycles. The summed E-state index contributed by atoms with van der Waals surface area (Å²) in [7, 11) is 3.80. The molecule has 62 valence electrons. The largest absolute Gasteiger partial charge is 0.480 e. The van der Waals surface area contributed by atoms with Crippen molar-refractivity contribution in [2.45, 2.75) is 6.04 Å². The Morgan fingerprint density at radius 1 is 1.64 bits per heavy atom. The molecule has 1 aliphatic rings. The van der Waals surface area contributed by atoms with Gasteiger partial charge in [-0.1, -0.05) is 0 Å². The molecule has 0 aromatic heterocycles. The fourth-order valence-electron chi connectivity index (χ4n) is 1.28. The Hall–Kier alpha value is -0.545. The lowest BCUT2D eigenvalue weighted by Crippen LogP contribution is -2.53. The summed E-state index contributed by atoms with van der Waals surface area (Å²) >= 11 is 0. The van der Waals surface area contributed by atoms with Crippen LogP contribution in [0.15, 0.2) is 0 Å². The van der Waals surface area contributed by atoms with Gasteiger partial charge in [0.1, 0.15) is 6.04 Å². The molecule has 1 rings (SSSR count). The zero-order chi connectivity index (χ0) is 8.43. The van der Waals surface area contributed by atoms with Crippen LogP contribution in [-0.4, -0.2) is 61.5 Å². The van der Waals surface area contributed by atoms with Crippen molar-refractivity contribution < 1.29 is 9.90 Å². The molecule has 1 heterocycles. The Kier molecular flexibility index (Phi) is 2.51. The monoisotopic (exact) mass is 156 g/mol. The predicted octanol–water partition coefficient (Wildman–Crippen LogP) is -1.76. The maximum Gasteiger partial charge on any atom is 0.322 e. The number of piperazine rings is 1. The van der Waals surface area contributed by atoms with E-state index in [1.54, 1.807) is 0 Å². The van der Waals surface area contributed by atoms with Crippen molar-refractivity contribution in [2.75, 3.05) is 26.7 Å². The molecule has 0 amide bonds. The van der Waals surface area contributed by atoms with Gasteiger partial charge in [0.05, 0.1) is 0 Å². The number of hydrogen-bond donors (Lipinski definition) is 1. The van der Waals surface area contributed by atoms with Gasteiger partial charge in [0, 0.05) is 13.1 Å². The SMILES string of the molecule is BN1CCN(C)[C@H](C(=O)O)C1. The van der Waals surface area contributed by atoms with Crippen molar-refractivity contribution in [1.82, 2.24) is 9.71 Å². The van der Waals surface area contributed by atoms with Gasteiger partial charge in [0.25, 0.3) is 0 Å². The predicted molar refractivity (Wildman–Crippen MR) is 44.2 cm³/mol. The van der Waals surface area contributed by atoms with Gasteiger partial charge in [-0.25, -0.2) is 0 Å². The van der Waals surface area contributed by atoms with Crippen LogP contribution >= 0.6 is 0 Å². The third-order valence-corrected chi connectivity index (χ3v) is 2.14. The van der Waals surface area contributed by atoms with Crippen LogP contribution in [0.2, 0.25) is 0 Å². The number of rotatable bonds is 1. The summed E-state index contributed by atoms with van der Waals surface area (Å²) in [4.78, 5) is 14.6. The van der Waals surface area contributed by atoms with Crippen molar-refractivity contribution in [3.05, 3.63) is 0 Å². The highest BCUT2D eigenvalue weighted by Gasteiger charge is 2.27. The number of likely N-dealkylation sites (N-methyl/N-ethyl adjacent to an activating group) is 1. The van der Waals surface area contributed by atoms with E-state index in [2.05, 4.69) is 0 Å². The van der Waals surface area contributed by atoms with E-state index in [0.29, 0.717) is 6.54 Å². The third kappa shape index (κ3) is 1.94. The summed E-state index contributed by atoms with van der Waals surface area (Å²) in [5.74, 6) is -0.723. The number of aliphatic carboxylic acids is 1. The number of carboxylic acid groups (broad SMARTS) is 1. The van der Waals surface area contributed by atoms with Crippen LogP contribution in [0.3, 0.4) is 0 Å². The molecule has 0 aromatic carbocycles. The standard InChI is InChI=1S/C6H13BN2O2/c1-8-2-3-9(7)4-5(8)6(10)11/h5H,2-4,7H2,1H3,(H,10,11)/t5-/m0/s1. The van der Waals surface area contributed by atoms with Crippen LogP contribution in [0.5, 0.6) is 0 Å². The van der Waals surface area contributed by atoms with Crippen LogP contribution in [0.25, 0.3) is 0 Å². The molecule has 4 nitrogen and oxygen atoms in total. The van der Waals surface area contributed by atoms with E-state index in [4.69, 9.17) is 5.11 Å². The number of carbonyl (C=O) groups is 1. The van der Waals surface area contributed by atoms with Gasteiger partial charge in [-0.05, 0) is 13.6 Å². The molecule has 0 aromatic rings. The zero-order valence-corrected chi connectivity index (χ0v) is 6.95. The lowest BCUT2D eigenvalue weighted by atomic mass is 10.1. The topological polar surface area (TPSA) is 43.8 Å². The molecule has 0 aliphatic carbocycles. The fraction of sp³-hybridized carbons (Fsp3) is 0.833. The summed E-state index contributed by atoms with van der Waals surface area (Å²) in [5.41, 5.74) is 0. The smallest absolute Gasteiger partial charge is 0.322 e. The number of hydrogen-bond acceptors (Lipinski definition) is 3. The van der Waals surface area contributed by atoms with E-state index < -0.39 is 5.97 Å². The van der Waals surface area contributed by atoms with Crippen LogP contribution in [0.4, 0.5) is 0 Å². The first kappa shape index (κ1) is 8.55. The fourth-order valence-corrected chi connectivity index (χ4v) is 1.28. The minimum atomic E-state index is -0.723. The normalized spacial score (nSPS) is 28.6. The molecule has 0 saturated carbocycles. The van der Waals surface area contributed by atoms with E-state index in [-0.39, 0.29) is 6.04 Å². The minimum absolute atomic E-state index is 0.325. The van der Waals surface area contributed by atoms with E-state index >= 15 is 0 Å². The molecule has 1 fully saturated rings. The Bertz CT molecular complexity index is 165. The average molecular weight is 156 g/mol. The minimum Gasteiger partial charge on any atom is -0.480 e. The van der Waals surface area contributed by atoms with Gasteiger partial charge < -0.3 is 9.92 Å². The van der Waals surface area contributed by atoms with Crippen molar-refractivity contribution in [3.63, 3.8) is 0 Å². The van der Waals surface area contributed by atoms with Gasteiger partial charge in [-0.3, -0.25) is 9.69 Å². The Morgan fingerprint density at radius 2 is 2.27 bits per heavy atom. The van der Waals surface area contributed by atoms with Gasteiger partial charge in [0.15, 0.2) is 7.98 Å². The molecule has 0 unspecified atom stereocenters. The van der Waals surface area contributed by atoms with Crippen LogP contribution in [0, 0.1) is 0 Å². The van der Waals surface area contributed by atoms with Crippen LogP contribution in [-0.2, 0) is 4.79 Å². The third-order valence-electron chi connectivity index (χ3n) is 2.14. The van der Waals surface area contributed by atoms with Gasteiger partial charge >= 0.3 is 5.97 Å². The Morgan fingerprint density at radius 3 is 2.73 bits per heavy atom. The highest BCUT2D eigenvalue weighted by Crippen LogP contribution is 2.04. The van der Waals surface area contributed by atoms with Crippen molar-refractivity contribution in [1.29, 1.82) is 0 Å². The van der Waals surface area contributed by atoms with Gasteiger partial charge in [0.2, 0.25) is 0 Å². The van der Waals surface area contributed by atoms with Crippen LogP contribution in [0.1, 0.15) is 0 Å². The first-order valence-electron chi connectivity index (χ1n) is 3.73. The molecule has 1 aliphatic heterocycles. The molecule has 0 spiro atoms. The lowest BCUT2D eigenvalue weighted by molar-refractivity contribution is -0.144. The highest BCUT2D eigenvalue weighted by molar-refractivity contribution is 6.04. The Balaban J connectivity index is 2.54. The molecule has 1 N–H and O–H groups in total. The molecule has 0 radical (unpaired) electrons. The second-order valence-corrected chi connectivity index (χ2v) is 3.10. The highest BCUT2D eigenvalue weighted by atomic mass is 16.4. The summed E-state index contributed by atoms with van der Waals surface area (Å²) in [6.07, 6.45) is 0. The lowest BCUT2D eigenvalue weighted by Gasteiger charge is -2.35. The first-order chi connectivity index (χ1) is 5.11. The molecule has 11 heavy (non-hydrogen) atoms. The summed E-state index contributed by atoms with van der Waals surface area (Å²) < 4.78 is 0. The summed E-state index contributed by atoms with van der Waals surface area (Å²) in [6.45, 7) is 2.43. The Labute approximate surface area is 67.2 Å². The molecular weight excluding hydrogens is 143 g/mol. The quantitative estimate of drug-likeness (QED) is 0.456. The first-order valence-corrected chi connectivity index (χ1v) is 3.73. The average Bonchev–Trinajstić information content (AvgIpc) is 1.94. The summed E-state index contributed by atoms with van der Waals surface area (Å²) in [6, 6.07) is -0.325. The molecule has 5 heteroatoms. The van der Waals surface area contributed by atoms with Crippen molar-refractivity contribution >= 4 is 14.0 Å². The van der Waals surface area contributed by atoms with Crippen molar-refractivity contribution in [2.24, 2.45) is 0 Å². The van der Waals surface area contributed by atoms with Gasteiger partial charge in [-0.15, -0.1) is 0 Å². The van der Waals surface area contributed by atoms with Gasteiger partial charge in [-0.2, -0.15) is 0 Å². The second-order valence-electron chi connectivity index (χ2n) is 3.10. The second kappa shape index (κ2) is 3.23. The summed E-state index contributed by atoms with van der Waals surface area (Å²) in [5, 5.41) is 8.76. The number of carboxylic acids is 1. The maximum absolute atomic E-state index is 10.6. The van der Waals surface area contributed by atoms with E-state index in [9.17, 15) is 4.79 Å². The van der Waals surface area contributed by atoms with Crippen molar-refractivity contribution in [3.8, 4) is 0 Å².